The summed E-state index contributed by atoms with van der Waals surface area (Å²) in [4.78, 5) is 12.4. The summed E-state index contributed by atoms with van der Waals surface area (Å²) in [6.45, 7) is 2.07. The number of carbonyl (C=O) groups excluding carboxylic acids is 1. The van der Waals surface area contributed by atoms with Crippen LogP contribution in [0.1, 0.15) is 49.3 Å². The monoisotopic (exact) mass is 501 g/mol. The number of thioether (sulfide) groups is 1. The number of hydrogen-bond donors (Lipinski definition) is 1. The molecule has 0 bridgehead atoms. The molecule has 3 aromatic rings. The Bertz CT molecular complexity index is 1140. The van der Waals surface area contributed by atoms with Crippen molar-refractivity contribution in [1.29, 1.82) is 0 Å². The van der Waals surface area contributed by atoms with E-state index < -0.39 is 0 Å². The smallest absolute Gasteiger partial charge is 0.250 e. The van der Waals surface area contributed by atoms with Gasteiger partial charge in [-0.3, -0.25) is 9.36 Å². The van der Waals surface area contributed by atoms with Gasteiger partial charge in [0.1, 0.15) is 0 Å². The molecule has 9 heteroatoms. The second-order valence-electron chi connectivity index (χ2n) is 8.08. The van der Waals surface area contributed by atoms with E-state index in [-0.39, 0.29) is 11.7 Å². The number of amides is 1. The fourth-order valence-electron chi connectivity index (χ4n) is 3.89. The first-order valence-electron chi connectivity index (χ1n) is 10.9. The van der Waals surface area contributed by atoms with Crippen LogP contribution in [-0.4, -0.2) is 32.6 Å². The van der Waals surface area contributed by atoms with Crippen molar-refractivity contribution in [2.75, 3.05) is 5.75 Å². The van der Waals surface area contributed by atoms with Gasteiger partial charge in [-0.2, -0.15) is 5.10 Å². The molecule has 1 N–H and O–H groups in total. The topological polar surface area (TPSA) is 72.2 Å². The minimum atomic E-state index is -0.226. The molecule has 2 aromatic carbocycles. The highest BCUT2D eigenvalue weighted by Gasteiger charge is 2.24. The summed E-state index contributed by atoms with van der Waals surface area (Å²) in [6.07, 6.45) is 7.36. The Morgan fingerprint density at radius 1 is 1.15 bits per heavy atom. The normalized spacial score (nSPS) is 14.6. The van der Waals surface area contributed by atoms with E-state index in [2.05, 4.69) is 56.5 Å². The molecule has 1 fully saturated rings. The zero-order chi connectivity index (χ0) is 23.2. The van der Waals surface area contributed by atoms with Crippen LogP contribution in [-0.2, 0) is 4.79 Å². The highest BCUT2D eigenvalue weighted by molar-refractivity contribution is 7.99. The molecule has 1 amide bonds. The van der Waals surface area contributed by atoms with Crippen molar-refractivity contribution in [3.8, 4) is 11.4 Å². The number of benzene rings is 2. The standard InChI is InChI=1S/C24H25Cl2N5OS/c1-16-7-9-17(10-8-16)23-29-30-24(31(23)20-5-3-2-4-6-20)33-15-22(32)28-27-14-18-11-12-19(25)13-21(18)26/h7-14,20H,2-6,15H2,1H3,(H,28,32)/b27-14+. The first kappa shape index (κ1) is 23.8. The summed E-state index contributed by atoms with van der Waals surface area (Å²) in [5.74, 6) is 0.821. The Kier molecular flexibility index (Phi) is 8.06. The van der Waals surface area contributed by atoms with E-state index in [4.69, 9.17) is 23.2 Å². The molecule has 33 heavy (non-hydrogen) atoms. The van der Waals surface area contributed by atoms with Gasteiger partial charge in [-0.25, -0.2) is 5.43 Å². The molecular weight excluding hydrogens is 477 g/mol. The Morgan fingerprint density at radius 3 is 2.64 bits per heavy atom. The number of aromatic nitrogens is 3. The molecule has 1 heterocycles. The van der Waals surface area contributed by atoms with Crippen molar-refractivity contribution in [2.45, 2.75) is 50.2 Å². The Morgan fingerprint density at radius 2 is 1.91 bits per heavy atom. The average Bonchev–Trinajstić information content (AvgIpc) is 3.24. The number of nitrogens with one attached hydrogen (secondary N) is 1. The minimum Gasteiger partial charge on any atom is -0.299 e. The van der Waals surface area contributed by atoms with Crippen LogP contribution in [0.25, 0.3) is 11.4 Å². The summed E-state index contributed by atoms with van der Waals surface area (Å²) < 4.78 is 2.22. The average molecular weight is 502 g/mol. The lowest BCUT2D eigenvalue weighted by Crippen LogP contribution is -2.20. The number of rotatable bonds is 7. The third-order valence-electron chi connectivity index (χ3n) is 5.60. The van der Waals surface area contributed by atoms with E-state index in [1.54, 1.807) is 18.2 Å². The molecule has 0 radical (unpaired) electrons. The first-order valence-corrected chi connectivity index (χ1v) is 12.7. The highest BCUT2D eigenvalue weighted by Crippen LogP contribution is 2.35. The molecule has 0 unspecified atom stereocenters. The van der Waals surface area contributed by atoms with Crippen LogP contribution in [0.3, 0.4) is 0 Å². The maximum atomic E-state index is 12.4. The van der Waals surface area contributed by atoms with Gasteiger partial charge in [0, 0.05) is 22.2 Å². The van der Waals surface area contributed by atoms with E-state index >= 15 is 0 Å². The summed E-state index contributed by atoms with van der Waals surface area (Å²) >= 11 is 13.4. The molecule has 172 valence electrons. The van der Waals surface area contributed by atoms with Gasteiger partial charge >= 0.3 is 0 Å². The van der Waals surface area contributed by atoms with Crippen LogP contribution in [0.5, 0.6) is 0 Å². The Hall–Kier alpha value is -2.35. The lowest BCUT2D eigenvalue weighted by atomic mass is 9.95. The van der Waals surface area contributed by atoms with Crippen LogP contribution in [0.4, 0.5) is 0 Å². The number of nitrogens with zero attached hydrogens (tertiary/aromatic N) is 4. The van der Waals surface area contributed by atoms with Gasteiger partial charge in [0.15, 0.2) is 11.0 Å². The molecule has 6 nitrogen and oxygen atoms in total. The fraction of sp³-hybridized carbons (Fsp3) is 0.333. The molecule has 1 aliphatic carbocycles. The van der Waals surface area contributed by atoms with Crippen molar-refractivity contribution < 1.29 is 4.79 Å². The number of hydrazone groups is 1. The van der Waals surface area contributed by atoms with Crippen LogP contribution in [0, 0.1) is 6.92 Å². The van der Waals surface area contributed by atoms with Crippen LogP contribution >= 0.6 is 35.0 Å². The van der Waals surface area contributed by atoms with Gasteiger partial charge in [0.2, 0.25) is 0 Å². The maximum absolute atomic E-state index is 12.4. The van der Waals surface area contributed by atoms with Gasteiger partial charge in [-0.15, -0.1) is 10.2 Å². The number of carbonyl (C=O) groups is 1. The zero-order valence-electron chi connectivity index (χ0n) is 18.3. The second-order valence-corrected chi connectivity index (χ2v) is 9.87. The van der Waals surface area contributed by atoms with E-state index in [0.29, 0.717) is 21.7 Å². The van der Waals surface area contributed by atoms with Gasteiger partial charge in [-0.1, -0.05) is 90.1 Å². The molecule has 1 aliphatic rings. The Labute approximate surface area is 207 Å². The molecule has 0 atom stereocenters. The zero-order valence-corrected chi connectivity index (χ0v) is 20.6. The molecular formula is C24H25Cl2N5OS. The van der Waals surface area contributed by atoms with E-state index in [0.717, 1.165) is 29.4 Å². The molecule has 1 saturated carbocycles. The fourth-order valence-corrected chi connectivity index (χ4v) is 5.14. The van der Waals surface area contributed by atoms with Gasteiger partial charge in [-0.05, 0) is 31.9 Å². The largest absolute Gasteiger partial charge is 0.299 e. The quantitative estimate of drug-likeness (QED) is 0.234. The first-order chi connectivity index (χ1) is 16.0. The molecule has 0 spiro atoms. The van der Waals surface area contributed by atoms with Gasteiger partial charge in [0.25, 0.3) is 5.91 Å². The van der Waals surface area contributed by atoms with Gasteiger partial charge in [0.05, 0.1) is 17.0 Å². The lowest BCUT2D eigenvalue weighted by Gasteiger charge is -2.25. The summed E-state index contributed by atoms with van der Waals surface area (Å²) in [7, 11) is 0. The van der Waals surface area contributed by atoms with E-state index in [1.165, 1.54) is 42.8 Å². The van der Waals surface area contributed by atoms with Crippen molar-refractivity contribution in [2.24, 2.45) is 5.10 Å². The summed E-state index contributed by atoms with van der Waals surface area (Å²) in [5.41, 5.74) is 5.47. The van der Waals surface area contributed by atoms with Crippen LogP contribution in [0.2, 0.25) is 10.0 Å². The maximum Gasteiger partial charge on any atom is 0.250 e. The molecule has 0 aliphatic heterocycles. The number of aryl methyl sites for hydroxylation is 1. The van der Waals surface area contributed by atoms with Crippen molar-refractivity contribution in [3.63, 3.8) is 0 Å². The van der Waals surface area contributed by atoms with Crippen LogP contribution in [0.15, 0.2) is 52.7 Å². The Balaban J connectivity index is 1.45. The molecule has 0 saturated heterocycles. The number of halogens is 2. The SMILES string of the molecule is Cc1ccc(-c2nnc(SCC(=O)N/N=C/c3ccc(Cl)cc3Cl)n2C2CCCCC2)cc1. The predicted octanol–water partition coefficient (Wildman–Crippen LogP) is 6.31. The van der Waals surface area contributed by atoms with E-state index in [1.807, 2.05) is 0 Å². The van der Waals surface area contributed by atoms with Crippen molar-refractivity contribution in [1.82, 2.24) is 20.2 Å². The summed E-state index contributed by atoms with van der Waals surface area (Å²) in [5, 5.41) is 14.7. The molecule has 1 aromatic heterocycles. The van der Waals surface area contributed by atoms with Crippen molar-refractivity contribution >= 4 is 47.1 Å². The predicted molar refractivity (Wildman–Crippen MR) is 135 cm³/mol. The molecule has 4 rings (SSSR count). The second kappa shape index (κ2) is 11.2. The minimum absolute atomic E-state index is 0.185. The third kappa shape index (κ3) is 6.16. The highest BCUT2D eigenvalue weighted by atomic mass is 35.5. The number of hydrogen-bond acceptors (Lipinski definition) is 5. The van der Waals surface area contributed by atoms with Crippen molar-refractivity contribution in [3.05, 3.63) is 63.6 Å². The van der Waals surface area contributed by atoms with Gasteiger partial charge < -0.3 is 0 Å². The summed E-state index contributed by atoms with van der Waals surface area (Å²) in [6, 6.07) is 13.8. The van der Waals surface area contributed by atoms with E-state index in [9.17, 15) is 4.79 Å². The third-order valence-corrected chi connectivity index (χ3v) is 7.11. The lowest BCUT2D eigenvalue weighted by molar-refractivity contribution is -0.118. The van der Waals surface area contributed by atoms with Crippen LogP contribution < -0.4 is 5.43 Å².